The van der Waals surface area contributed by atoms with E-state index >= 15 is 0 Å². The average Bonchev–Trinajstić information content (AvgIpc) is 3.13. The zero-order chi connectivity index (χ0) is 21.3. The SMILES string of the molecule is O=C(O)NC1=NC2(c3cc(NC(=O)c4ccc(F)cn4)ccc3F)COCC2CS1. The van der Waals surface area contributed by atoms with Gasteiger partial charge in [0.1, 0.15) is 22.9 Å². The van der Waals surface area contributed by atoms with Crippen LogP contribution in [0.1, 0.15) is 16.1 Å². The van der Waals surface area contributed by atoms with Crippen LogP contribution >= 0.6 is 11.8 Å². The number of fused-ring (bicyclic) bond motifs is 1. The average molecular weight is 434 g/mol. The summed E-state index contributed by atoms with van der Waals surface area (Å²) in [5, 5.41) is 14.0. The number of benzene rings is 1. The van der Waals surface area contributed by atoms with Crippen molar-refractivity contribution in [2.45, 2.75) is 5.54 Å². The van der Waals surface area contributed by atoms with Gasteiger partial charge in [0.25, 0.3) is 5.91 Å². The molecule has 1 fully saturated rings. The number of amidine groups is 1. The van der Waals surface area contributed by atoms with Crippen molar-refractivity contribution in [1.82, 2.24) is 10.3 Å². The Bertz CT molecular complexity index is 1030. The Hall–Kier alpha value is -3.05. The fourth-order valence-corrected chi connectivity index (χ4v) is 4.59. The highest BCUT2D eigenvalue weighted by Crippen LogP contribution is 2.46. The summed E-state index contributed by atoms with van der Waals surface area (Å²) in [5.41, 5.74) is -0.617. The van der Waals surface area contributed by atoms with Crippen molar-refractivity contribution in [3.05, 3.63) is 59.4 Å². The molecule has 0 bridgehead atoms. The second-order valence-corrected chi connectivity index (χ2v) is 7.81. The van der Waals surface area contributed by atoms with Gasteiger partial charge in [-0.15, -0.1) is 0 Å². The number of carboxylic acid groups (broad SMARTS) is 1. The number of rotatable bonds is 3. The molecule has 0 aliphatic carbocycles. The van der Waals surface area contributed by atoms with E-state index in [1.807, 2.05) is 0 Å². The number of carbonyl (C=O) groups is 2. The fraction of sp³-hybridized carbons (Fsp3) is 0.263. The molecule has 2 unspecified atom stereocenters. The molecule has 1 aromatic carbocycles. The molecule has 0 radical (unpaired) electrons. The Morgan fingerprint density at radius 1 is 1.23 bits per heavy atom. The van der Waals surface area contributed by atoms with Gasteiger partial charge in [-0.1, -0.05) is 11.8 Å². The van der Waals surface area contributed by atoms with E-state index in [1.54, 1.807) is 0 Å². The smallest absolute Gasteiger partial charge is 0.410 e. The van der Waals surface area contributed by atoms with Gasteiger partial charge >= 0.3 is 6.09 Å². The van der Waals surface area contributed by atoms with Crippen LogP contribution in [0.15, 0.2) is 41.5 Å². The first kappa shape index (κ1) is 20.2. The minimum atomic E-state index is -1.26. The van der Waals surface area contributed by atoms with Crippen molar-refractivity contribution in [2.24, 2.45) is 10.9 Å². The summed E-state index contributed by atoms with van der Waals surface area (Å²) in [4.78, 5) is 31.6. The van der Waals surface area contributed by atoms with Crippen LogP contribution in [0.3, 0.4) is 0 Å². The molecular weight excluding hydrogens is 418 g/mol. The minimum Gasteiger partial charge on any atom is -0.465 e. The number of anilines is 1. The maximum Gasteiger partial charge on any atom is 0.410 e. The maximum atomic E-state index is 14.8. The first-order chi connectivity index (χ1) is 14.4. The molecule has 2 aliphatic heterocycles. The lowest BCUT2D eigenvalue weighted by atomic mass is 9.81. The van der Waals surface area contributed by atoms with E-state index in [2.05, 4.69) is 20.6 Å². The van der Waals surface area contributed by atoms with Crippen molar-refractivity contribution in [3.8, 4) is 0 Å². The predicted molar refractivity (Wildman–Crippen MR) is 106 cm³/mol. The second-order valence-electron chi connectivity index (χ2n) is 6.80. The quantitative estimate of drug-likeness (QED) is 0.685. The van der Waals surface area contributed by atoms with E-state index < -0.39 is 29.2 Å². The van der Waals surface area contributed by atoms with Crippen LogP contribution < -0.4 is 10.6 Å². The monoisotopic (exact) mass is 434 g/mol. The van der Waals surface area contributed by atoms with E-state index in [0.29, 0.717) is 18.0 Å². The highest BCUT2D eigenvalue weighted by Gasteiger charge is 2.49. The van der Waals surface area contributed by atoms with Crippen LogP contribution in [0.25, 0.3) is 0 Å². The lowest BCUT2D eigenvalue weighted by molar-refractivity contribution is 0.102. The summed E-state index contributed by atoms with van der Waals surface area (Å²) < 4.78 is 33.4. The minimum absolute atomic E-state index is 0.00236. The van der Waals surface area contributed by atoms with Gasteiger partial charge in [-0.2, -0.15) is 0 Å². The molecule has 0 saturated carbocycles. The van der Waals surface area contributed by atoms with Gasteiger partial charge in [0, 0.05) is 22.9 Å². The predicted octanol–water partition coefficient (Wildman–Crippen LogP) is 2.82. The Balaban J connectivity index is 1.67. The van der Waals surface area contributed by atoms with Crippen molar-refractivity contribution in [1.29, 1.82) is 0 Å². The Labute approximate surface area is 173 Å². The molecule has 2 aromatic rings. The number of carbonyl (C=O) groups excluding carboxylic acids is 1. The van der Waals surface area contributed by atoms with E-state index in [0.717, 1.165) is 12.3 Å². The number of hydrogen-bond acceptors (Lipinski definition) is 6. The van der Waals surface area contributed by atoms with Crippen molar-refractivity contribution < 1.29 is 28.2 Å². The van der Waals surface area contributed by atoms with Crippen LogP contribution in [0.2, 0.25) is 0 Å². The van der Waals surface area contributed by atoms with Gasteiger partial charge in [-0.05, 0) is 30.3 Å². The normalized spacial score (nSPS) is 22.7. The van der Waals surface area contributed by atoms with Crippen LogP contribution in [0.5, 0.6) is 0 Å². The van der Waals surface area contributed by atoms with Gasteiger partial charge < -0.3 is 15.2 Å². The van der Waals surface area contributed by atoms with Crippen molar-refractivity contribution >= 4 is 34.6 Å². The molecule has 2 amide bonds. The summed E-state index contributed by atoms with van der Waals surface area (Å²) in [5.74, 6) is -1.37. The number of hydrogen-bond donors (Lipinski definition) is 3. The Morgan fingerprint density at radius 3 is 2.80 bits per heavy atom. The summed E-state index contributed by atoms with van der Waals surface area (Å²) in [6, 6.07) is 6.40. The molecule has 30 heavy (non-hydrogen) atoms. The highest BCUT2D eigenvalue weighted by atomic mass is 32.2. The molecule has 11 heteroatoms. The summed E-state index contributed by atoms with van der Waals surface area (Å²) in [6.07, 6.45) is -0.336. The first-order valence-electron chi connectivity index (χ1n) is 8.91. The van der Waals surface area contributed by atoms with E-state index in [4.69, 9.17) is 9.84 Å². The highest BCUT2D eigenvalue weighted by molar-refractivity contribution is 8.13. The molecule has 8 nitrogen and oxygen atoms in total. The molecular formula is C19H16F2N4O4S. The van der Waals surface area contributed by atoms with Gasteiger partial charge in [-0.25, -0.2) is 23.6 Å². The van der Waals surface area contributed by atoms with Gasteiger partial charge in [0.05, 0.1) is 19.4 Å². The van der Waals surface area contributed by atoms with E-state index in [-0.39, 0.29) is 28.9 Å². The van der Waals surface area contributed by atoms with Crippen LogP contribution in [-0.4, -0.2) is 46.2 Å². The number of thioether (sulfide) groups is 1. The van der Waals surface area contributed by atoms with Crippen molar-refractivity contribution in [2.75, 3.05) is 24.3 Å². The molecule has 2 aliphatic rings. The topological polar surface area (TPSA) is 113 Å². The molecule has 0 spiro atoms. The summed E-state index contributed by atoms with van der Waals surface area (Å²) in [7, 11) is 0. The third-order valence-corrected chi connectivity index (χ3v) is 5.94. The fourth-order valence-electron chi connectivity index (χ4n) is 3.47. The molecule has 4 rings (SSSR count). The van der Waals surface area contributed by atoms with Crippen LogP contribution in [-0.2, 0) is 10.3 Å². The lowest BCUT2D eigenvalue weighted by Gasteiger charge is -2.35. The number of ether oxygens (including phenoxy) is 1. The number of pyridine rings is 1. The van der Waals surface area contributed by atoms with E-state index in [1.165, 1.54) is 36.0 Å². The van der Waals surface area contributed by atoms with Gasteiger partial charge in [-0.3, -0.25) is 10.1 Å². The lowest BCUT2D eigenvalue weighted by Crippen LogP contribution is -2.42. The van der Waals surface area contributed by atoms with Crippen LogP contribution in [0, 0.1) is 17.6 Å². The van der Waals surface area contributed by atoms with Crippen LogP contribution in [0.4, 0.5) is 19.3 Å². The molecule has 3 N–H and O–H groups in total. The standard InChI is InChI=1S/C19H16F2N4O4S/c20-11-1-4-15(22-6-11)16(26)23-12-2-3-14(21)13(5-12)19-9-29-7-10(19)8-30-17(25-19)24-18(27)28/h1-6,10H,7-9H2,(H,23,26)(H,24,25)(H,27,28). The Morgan fingerprint density at radius 2 is 2.07 bits per heavy atom. The number of aliphatic imine (C=N–C) groups is 1. The molecule has 1 aromatic heterocycles. The molecule has 3 heterocycles. The number of amides is 2. The maximum absolute atomic E-state index is 14.8. The van der Waals surface area contributed by atoms with Gasteiger partial charge in [0.15, 0.2) is 5.17 Å². The number of aromatic nitrogens is 1. The third-order valence-electron chi connectivity index (χ3n) is 4.90. The molecule has 1 saturated heterocycles. The second kappa shape index (κ2) is 8.00. The number of nitrogens with one attached hydrogen (secondary N) is 2. The van der Waals surface area contributed by atoms with Gasteiger partial charge in [0.2, 0.25) is 0 Å². The molecule has 156 valence electrons. The summed E-state index contributed by atoms with van der Waals surface area (Å²) >= 11 is 1.23. The van der Waals surface area contributed by atoms with Crippen molar-refractivity contribution in [3.63, 3.8) is 0 Å². The Kier molecular flexibility index (Phi) is 5.39. The zero-order valence-electron chi connectivity index (χ0n) is 15.4. The third kappa shape index (κ3) is 3.85. The summed E-state index contributed by atoms with van der Waals surface area (Å²) in [6.45, 7) is 0.434. The number of halogens is 2. The zero-order valence-corrected chi connectivity index (χ0v) is 16.2. The number of nitrogens with zero attached hydrogens (tertiary/aromatic N) is 2. The first-order valence-corrected chi connectivity index (χ1v) is 9.89. The van der Waals surface area contributed by atoms with E-state index in [9.17, 15) is 18.4 Å². The molecule has 2 atom stereocenters. The largest absolute Gasteiger partial charge is 0.465 e.